The van der Waals surface area contributed by atoms with Gasteiger partial charge in [0.1, 0.15) is 0 Å². The van der Waals surface area contributed by atoms with Crippen LogP contribution < -0.4 is 4.90 Å². The zero-order valence-electron chi connectivity index (χ0n) is 20.0. The molecule has 1 aromatic rings. The molecular weight excluding hydrogens is 392 g/mol. The highest BCUT2D eigenvalue weighted by Gasteiger charge is 2.39. The topological polar surface area (TPSA) is 26.7 Å². The van der Waals surface area contributed by atoms with E-state index in [4.69, 9.17) is 0 Å². The van der Waals surface area contributed by atoms with Crippen molar-refractivity contribution in [1.82, 2.24) is 4.90 Å². The van der Waals surface area contributed by atoms with Gasteiger partial charge in [0.05, 0.1) is 6.10 Å². The molecule has 0 aromatic heterocycles. The van der Waals surface area contributed by atoms with Gasteiger partial charge in [-0.15, -0.1) is 12.4 Å². The maximum absolute atomic E-state index is 10.3. The van der Waals surface area contributed by atoms with Crippen molar-refractivity contribution in [1.29, 1.82) is 0 Å². The van der Waals surface area contributed by atoms with E-state index in [0.29, 0.717) is 16.7 Å². The fourth-order valence-electron chi connectivity index (χ4n) is 6.19. The van der Waals surface area contributed by atoms with Crippen LogP contribution in [0.25, 0.3) is 0 Å². The van der Waals surface area contributed by atoms with Crippen LogP contribution in [0.4, 0.5) is 5.69 Å². The van der Waals surface area contributed by atoms with Gasteiger partial charge < -0.3 is 10.0 Å². The van der Waals surface area contributed by atoms with Gasteiger partial charge in [-0.1, -0.05) is 65.7 Å². The minimum atomic E-state index is -0.166. The molecule has 1 unspecified atom stereocenters. The molecule has 0 spiro atoms. The van der Waals surface area contributed by atoms with Crippen molar-refractivity contribution in [3.05, 3.63) is 29.8 Å². The third-order valence-corrected chi connectivity index (χ3v) is 7.00. The number of rotatable bonds is 7. The molecule has 1 atom stereocenters. The monoisotopic (exact) mass is 436 g/mol. The highest BCUT2D eigenvalue weighted by Crippen LogP contribution is 2.53. The van der Waals surface area contributed by atoms with Crippen molar-refractivity contribution in [3.8, 4) is 0 Å². The zero-order chi connectivity index (χ0) is 21.1. The van der Waals surface area contributed by atoms with Crippen molar-refractivity contribution >= 4 is 18.1 Å². The zero-order valence-corrected chi connectivity index (χ0v) is 20.8. The number of unbranched alkanes of at least 4 members (excludes halogenated alkanes) is 1. The summed E-state index contributed by atoms with van der Waals surface area (Å²) in [6.45, 7) is 17.1. The Hall–Kier alpha value is -0.770. The molecular formula is C26H45ClN2O. The quantitative estimate of drug-likeness (QED) is 0.559. The van der Waals surface area contributed by atoms with E-state index in [-0.39, 0.29) is 18.5 Å². The molecule has 0 bridgehead atoms. The van der Waals surface area contributed by atoms with Crippen molar-refractivity contribution in [2.45, 2.75) is 85.2 Å². The van der Waals surface area contributed by atoms with Crippen LogP contribution in [-0.2, 0) is 0 Å². The first-order valence-corrected chi connectivity index (χ1v) is 11.9. The van der Waals surface area contributed by atoms with Gasteiger partial charge in [0.25, 0.3) is 0 Å². The minimum Gasteiger partial charge on any atom is -0.392 e. The number of hydrogen-bond acceptors (Lipinski definition) is 3. The van der Waals surface area contributed by atoms with Gasteiger partial charge in [-0.25, -0.2) is 0 Å². The lowest BCUT2D eigenvalue weighted by Crippen LogP contribution is -2.49. The van der Waals surface area contributed by atoms with Crippen LogP contribution in [0.3, 0.4) is 0 Å². The summed E-state index contributed by atoms with van der Waals surface area (Å²) in [4.78, 5) is 5.05. The second kappa shape index (κ2) is 10.7. The summed E-state index contributed by atoms with van der Waals surface area (Å²) in [5, 5.41) is 10.3. The molecule has 4 heteroatoms. The molecule has 0 amide bonds. The summed E-state index contributed by atoms with van der Waals surface area (Å²) >= 11 is 0. The van der Waals surface area contributed by atoms with Crippen molar-refractivity contribution in [2.75, 3.05) is 37.6 Å². The smallest absolute Gasteiger partial charge is 0.0667 e. The first kappa shape index (κ1) is 25.5. The lowest BCUT2D eigenvalue weighted by atomic mass is 9.60. The van der Waals surface area contributed by atoms with Crippen LogP contribution in [-0.4, -0.2) is 48.8 Å². The number of aliphatic hydroxyl groups is 1. The molecule has 1 heterocycles. The van der Waals surface area contributed by atoms with E-state index in [1.54, 1.807) is 5.56 Å². The van der Waals surface area contributed by atoms with Crippen LogP contribution in [0.1, 0.15) is 84.6 Å². The van der Waals surface area contributed by atoms with Crippen LogP contribution in [0.2, 0.25) is 0 Å². The number of anilines is 1. The van der Waals surface area contributed by atoms with Crippen LogP contribution in [0.15, 0.2) is 24.3 Å². The van der Waals surface area contributed by atoms with E-state index in [2.05, 4.69) is 68.7 Å². The lowest BCUT2D eigenvalue weighted by molar-refractivity contribution is 0.0964. The molecule has 1 aliphatic heterocycles. The Morgan fingerprint density at radius 2 is 1.60 bits per heavy atom. The molecule has 2 fully saturated rings. The normalized spacial score (nSPS) is 23.1. The van der Waals surface area contributed by atoms with E-state index in [1.165, 1.54) is 24.9 Å². The Labute approximate surface area is 191 Å². The number of hydrogen-bond donors (Lipinski definition) is 1. The molecule has 1 N–H and O–H groups in total. The third-order valence-electron chi connectivity index (χ3n) is 7.00. The Morgan fingerprint density at radius 3 is 2.20 bits per heavy atom. The number of β-amino-alcohol motifs (C(OH)–C–C–N with tert-alkyl or cyclic N) is 1. The highest BCUT2D eigenvalue weighted by molar-refractivity contribution is 5.85. The van der Waals surface area contributed by atoms with Crippen LogP contribution >= 0.6 is 12.4 Å². The summed E-state index contributed by atoms with van der Waals surface area (Å²) in [5.41, 5.74) is 3.83. The fraction of sp³-hybridized carbons (Fsp3) is 0.769. The molecule has 1 aromatic carbocycles. The molecule has 0 radical (unpaired) electrons. The van der Waals surface area contributed by atoms with Gasteiger partial charge >= 0.3 is 0 Å². The van der Waals surface area contributed by atoms with E-state index in [9.17, 15) is 5.11 Å². The van der Waals surface area contributed by atoms with Gasteiger partial charge in [-0.05, 0) is 54.1 Å². The Bertz CT molecular complexity index is 636. The number of piperazine rings is 1. The SMILES string of the molecule is CCCCC(O)CN1CCN(c2ccccc2C2CC(C)(C)CC(C)(C)C2)CC1.Cl. The number of benzene rings is 1. The number of aliphatic hydroxyl groups excluding tert-OH is 1. The summed E-state index contributed by atoms with van der Waals surface area (Å²) < 4.78 is 0. The molecule has 3 nitrogen and oxygen atoms in total. The van der Waals surface area contributed by atoms with Gasteiger partial charge in [0.2, 0.25) is 0 Å². The first-order chi connectivity index (χ1) is 13.7. The van der Waals surface area contributed by atoms with Gasteiger partial charge in [0.15, 0.2) is 0 Å². The molecule has 2 aliphatic rings. The summed E-state index contributed by atoms with van der Waals surface area (Å²) in [7, 11) is 0. The van der Waals surface area contributed by atoms with E-state index >= 15 is 0 Å². The molecule has 1 aliphatic carbocycles. The van der Waals surface area contributed by atoms with Crippen LogP contribution in [0, 0.1) is 10.8 Å². The highest BCUT2D eigenvalue weighted by atomic mass is 35.5. The third kappa shape index (κ3) is 6.87. The number of nitrogens with zero attached hydrogens (tertiary/aromatic N) is 2. The van der Waals surface area contributed by atoms with Crippen LogP contribution in [0.5, 0.6) is 0 Å². The number of para-hydroxylation sites is 1. The van der Waals surface area contributed by atoms with Gasteiger partial charge in [-0.2, -0.15) is 0 Å². The fourth-order valence-corrected chi connectivity index (χ4v) is 6.19. The number of halogens is 1. The maximum Gasteiger partial charge on any atom is 0.0667 e. The Morgan fingerprint density at radius 1 is 1.00 bits per heavy atom. The second-order valence-electron chi connectivity index (χ2n) is 11.3. The van der Waals surface area contributed by atoms with Crippen molar-refractivity contribution in [2.24, 2.45) is 10.8 Å². The maximum atomic E-state index is 10.3. The summed E-state index contributed by atoms with van der Waals surface area (Å²) in [6.07, 6.45) is 6.96. The molecule has 30 heavy (non-hydrogen) atoms. The Kier molecular flexibility index (Phi) is 9.09. The Balaban J connectivity index is 0.00000320. The summed E-state index contributed by atoms with van der Waals surface area (Å²) in [6, 6.07) is 9.17. The predicted octanol–water partition coefficient (Wildman–Crippen LogP) is 6.10. The largest absolute Gasteiger partial charge is 0.392 e. The van der Waals surface area contributed by atoms with E-state index < -0.39 is 0 Å². The van der Waals surface area contributed by atoms with Gasteiger partial charge in [0, 0.05) is 38.4 Å². The predicted molar refractivity (Wildman–Crippen MR) is 132 cm³/mol. The molecule has 1 saturated carbocycles. The standard InChI is InChI=1S/C26H44N2O.ClH/c1-6-7-10-22(29)19-27-13-15-28(16-14-27)24-12-9-8-11-23(24)21-17-25(2,3)20-26(4,5)18-21;/h8-9,11-12,21-22,29H,6-7,10,13-20H2,1-5H3;1H. The van der Waals surface area contributed by atoms with Crippen molar-refractivity contribution in [3.63, 3.8) is 0 Å². The van der Waals surface area contributed by atoms with Crippen molar-refractivity contribution < 1.29 is 5.11 Å². The van der Waals surface area contributed by atoms with Gasteiger partial charge in [-0.3, -0.25) is 4.90 Å². The van der Waals surface area contributed by atoms with E-state index in [1.807, 2.05) is 0 Å². The minimum absolute atomic E-state index is 0. The molecule has 1 saturated heterocycles. The average molecular weight is 437 g/mol. The molecule has 172 valence electrons. The summed E-state index contributed by atoms with van der Waals surface area (Å²) in [5.74, 6) is 0.652. The average Bonchev–Trinajstić information content (AvgIpc) is 2.64. The first-order valence-electron chi connectivity index (χ1n) is 11.9. The second-order valence-corrected chi connectivity index (χ2v) is 11.3. The van der Waals surface area contributed by atoms with E-state index in [0.717, 1.165) is 52.0 Å². The molecule has 3 rings (SSSR count). The lowest BCUT2D eigenvalue weighted by Gasteiger charge is -2.46.